The molecule has 0 aliphatic heterocycles. The van der Waals surface area contributed by atoms with E-state index in [0.717, 1.165) is 22.6 Å². The fraction of sp³-hybridized carbons (Fsp3) is 0.105. The quantitative estimate of drug-likeness (QED) is 0.608. The number of nitrogens with zero attached hydrogens (tertiary/aromatic N) is 1. The molecule has 110 valence electrons. The van der Waals surface area contributed by atoms with Crippen molar-refractivity contribution in [1.82, 2.24) is 0 Å². The number of methoxy groups -OCH3 is 2. The molecule has 0 heterocycles. The van der Waals surface area contributed by atoms with E-state index in [0.29, 0.717) is 5.57 Å². The lowest BCUT2D eigenvalue weighted by molar-refractivity contribution is 0.414. The Morgan fingerprint density at radius 2 is 1.73 bits per heavy atom. The summed E-state index contributed by atoms with van der Waals surface area (Å²) in [5, 5.41) is 9.30. The molecule has 0 fully saturated rings. The van der Waals surface area contributed by atoms with Gasteiger partial charge >= 0.3 is 0 Å². The summed E-state index contributed by atoms with van der Waals surface area (Å²) in [6.45, 7) is 0. The molecule has 0 unspecified atom stereocenters. The molecule has 0 saturated carbocycles. The third-order valence-corrected chi connectivity index (χ3v) is 3.20. The van der Waals surface area contributed by atoms with E-state index in [1.54, 1.807) is 20.3 Å². The van der Waals surface area contributed by atoms with Crippen LogP contribution in [0.1, 0.15) is 11.1 Å². The van der Waals surface area contributed by atoms with Crippen molar-refractivity contribution in [1.29, 1.82) is 5.26 Å². The summed E-state index contributed by atoms with van der Waals surface area (Å²) in [7, 11) is 3.26. The monoisotopic (exact) mass is 291 g/mol. The van der Waals surface area contributed by atoms with Gasteiger partial charge in [0.1, 0.15) is 11.5 Å². The van der Waals surface area contributed by atoms with Gasteiger partial charge in [0.25, 0.3) is 0 Å². The van der Waals surface area contributed by atoms with Crippen LogP contribution < -0.4 is 9.47 Å². The summed E-state index contributed by atoms with van der Waals surface area (Å²) in [6, 6.07) is 17.3. The number of rotatable bonds is 5. The summed E-state index contributed by atoms with van der Waals surface area (Å²) in [6.07, 6.45) is 5.55. The molecule has 0 amide bonds. The fourth-order valence-corrected chi connectivity index (χ4v) is 2.02. The summed E-state index contributed by atoms with van der Waals surface area (Å²) in [4.78, 5) is 0. The highest BCUT2D eigenvalue weighted by Gasteiger charge is 2.00. The Labute approximate surface area is 130 Å². The smallest absolute Gasteiger partial charge is 0.126 e. The normalized spacial score (nSPS) is 11.2. The molecular formula is C19H17NO2. The molecule has 0 aliphatic carbocycles. The van der Waals surface area contributed by atoms with Crippen LogP contribution in [0.3, 0.4) is 0 Å². The van der Waals surface area contributed by atoms with Crippen LogP contribution in [0.25, 0.3) is 11.6 Å². The molecule has 22 heavy (non-hydrogen) atoms. The van der Waals surface area contributed by atoms with Gasteiger partial charge in [0, 0.05) is 5.56 Å². The largest absolute Gasteiger partial charge is 0.497 e. The maximum atomic E-state index is 9.30. The number of nitriles is 1. The molecule has 2 rings (SSSR count). The Balaban J connectivity index is 2.22. The molecule has 2 aromatic carbocycles. The number of para-hydroxylation sites is 1. The second kappa shape index (κ2) is 7.70. The fourth-order valence-electron chi connectivity index (χ4n) is 2.02. The van der Waals surface area contributed by atoms with Gasteiger partial charge in [0.05, 0.1) is 25.9 Å². The average molecular weight is 291 g/mol. The third-order valence-electron chi connectivity index (χ3n) is 3.20. The molecule has 3 nitrogen and oxygen atoms in total. The molecule has 0 aliphatic rings. The first-order valence-electron chi connectivity index (χ1n) is 6.84. The topological polar surface area (TPSA) is 42.2 Å². The number of hydrogen-bond acceptors (Lipinski definition) is 3. The minimum atomic E-state index is 0.591. The van der Waals surface area contributed by atoms with E-state index in [1.165, 1.54) is 0 Å². The van der Waals surface area contributed by atoms with Crippen molar-refractivity contribution >= 4 is 11.6 Å². The third kappa shape index (κ3) is 3.77. The minimum Gasteiger partial charge on any atom is -0.497 e. The van der Waals surface area contributed by atoms with Crippen molar-refractivity contribution in [2.45, 2.75) is 0 Å². The van der Waals surface area contributed by atoms with Crippen molar-refractivity contribution < 1.29 is 9.47 Å². The van der Waals surface area contributed by atoms with Gasteiger partial charge in [-0.3, -0.25) is 0 Å². The summed E-state index contributed by atoms with van der Waals surface area (Å²) >= 11 is 0. The SMILES string of the molecule is COc1ccc(C(C#N)=CC=Cc2ccccc2OC)cc1. The van der Waals surface area contributed by atoms with Gasteiger partial charge < -0.3 is 9.47 Å². The van der Waals surface area contributed by atoms with E-state index >= 15 is 0 Å². The molecule has 2 aromatic rings. The molecule has 0 spiro atoms. The standard InChI is InChI=1S/C19H17NO2/c1-21-18-12-10-15(11-13-18)17(14-20)8-5-7-16-6-3-4-9-19(16)22-2/h3-13H,1-2H3. The predicted molar refractivity (Wildman–Crippen MR) is 88.6 cm³/mol. The van der Waals surface area contributed by atoms with Gasteiger partial charge in [0.2, 0.25) is 0 Å². The number of allylic oxidation sites excluding steroid dienone is 3. The first-order chi connectivity index (χ1) is 10.8. The summed E-state index contributed by atoms with van der Waals surface area (Å²) in [5.41, 5.74) is 2.41. The minimum absolute atomic E-state index is 0.591. The van der Waals surface area contributed by atoms with Crippen LogP contribution in [0.4, 0.5) is 0 Å². The lowest BCUT2D eigenvalue weighted by atomic mass is 10.1. The molecule has 0 saturated heterocycles. The zero-order chi connectivity index (χ0) is 15.8. The molecule has 0 bridgehead atoms. The Hall–Kier alpha value is -2.99. The van der Waals surface area contributed by atoms with Gasteiger partial charge in [-0.2, -0.15) is 5.26 Å². The van der Waals surface area contributed by atoms with Crippen LogP contribution >= 0.6 is 0 Å². The Morgan fingerprint density at radius 3 is 2.36 bits per heavy atom. The first-order valence-corrected chi connectivity index (χ1v) is 6.84. The zero-order valence-corrected chi connectivity index (χ0v) is 12.6. The van der Waals surface area contributed by atoms with Crippen molar-refractivity contribution in [3.63, 3.8) is 0 Å². The zero-order valence-electron chi connectivity index (χ0n) is 12.6. The Kier molecular flexibility index (Phi) is 5.39. The van der Waals surface area contributed by atoms with Crippen molar-refractivity contribution in [2.24, 2.45) is 0 Å². The Bertz CT molecular complexity index is 722. The number of benzene rings is 2. The highest BCUT2D eigenvalue weighted by molar-refractivity contribution is 5.79. The van der Waals surface area contributed by atoms with E-state index in [2.05, 4.69) is 6.07 Å². The maximum Gasteiger partial charge on any atom is 0.126 e. The van der Waals surface area contributed by atoms with Crippen LogP contribution in [-0.4, -0.2) is 14.2 Å². The Morgan fingerprint density at radius 1 is 1.00 bits per heavy atom. The van der Waals surface area contributed by atoms with Gasteiger partial charge in [-0.25, -0.2) is 0 Å². The average Bonchev–Trinajstić information content (AvgIpc) is 2.59. The summed E-state index contributed by atoms with van der Waals surface area (Å²) < 4.78 is 10.4. The predicted octanol–water partition coefficient (Wildman–Crippen LogP) is 4.32. The van der Waals surface area contributed by atoms with Gasteiger partial charge in [0.15, 0.2) is 0 Å². The van der Waals surface area contributed by atoms with Crippen LogP contribution in [0.5, 0.6) is 11.5 Å². The lowest BCUT2D eigenvalue weighted by Crippen LogP contribution is -1.85. The molecule has 0 atom stereocenters. The lowest BCUT2D eigenvalue weighted by Gasteiger charge is -2.03. The van der Waals surface area contributed by atoms with Gasteiger partial charge in [-0.1, -0.05) is 30.4 Å². The number of hydrogen-bond donors (Lipinski definition) is 0. The van der Waals surface area contributed by atoms with Crippen LogP contribution in [0.15, 0.2) is 60.7 Å². The second-order valence-corrected chi connectivity index (χ2v) is 4.52. The molecular weight excluding hydrogens is 274 g/mol. The molecule has 0 N–H and O–H groups in total. The molecule has 0 radical (unpaired) electrons. The van der Waals surface area contributed by atoms with Crippen LogP contribution in [0, 0.1) is 11.3 Å². The van der Waals surface area contributed by atoms with Crippen LogP contribution in [0.2, 0.25) is 0 Å². The maximum absolute atomic E-state index is 9.30. The molecule has 3 heteroatoms. The highest BCUT2D eigenvalue weighted by atomic mass is 16.5. The van der Waals surface area contributed by atoms with Gasteiger partial charge in [-0.05, 0) is 42.0 Å². The highest BCUT2D eigenvalue weighted by Crippen LogP contribution is 2.20. The second-order valence-electron chi connectivity index (χ2n) is 4.52. The van der Waals surface area contributed by atoms with Crippen LogP contribution in [-0.2, 0) is 0 Å². The van der Waals surface area contributed by atoms with Crippen molar-refractivity contribution in [2.75, 3.05) is 14.2 Å². The number of ether oxygens (including phenoxy) is 2. The van der Waals surface area contributed by atoms with Crippen molar-refractivity contribution in [3.05, 3.63) is 71.8 Å². The van der Waals surface area contributed by atoms with E-state index < -0.39 is 0 Å². The van der Waals surface area contributed by atoms with E-state index in [1.807, 2.05) is 60.7 Å². The summed E-state index contributed by atoms with van der Waals surface area (Å²) in [5.74, 6) is 1.57. The van der Waals surface area contributed by atoms with E-state index in [9.17, 15) is 5.26 Å². The van der Waals surface area contributed by atoms with Crippen molar-refractivity contribution in [3.8, 4) is 17.6 Å². The van der Waals surface area contributed by atoms with E-state index in [-0.39, 0.29) is 0 Å². The van der Waals surface area contributed by atoms with Gasteiger partial charge in [-0.15, -0.1) is 0 Å². The first kappa shape index (κ1) is 15.4. The molecule has 0 aromatic heterocycles. The van der Waals surface area contributed by atoms with E-state index in [4.69, 9.17) is 9.47 Å².